The van der Waals surface area contributed by atoms with Gasteiger partial charge >= 0.3 is 0 Å². The molecule has 0 aromatic carbocycles. The molecule has 1 N–H and O–H groups in total. The van der Waals surface area contributed by atoms with Crippen molar-refractivity contribution in [3.8, 4) is 0 Å². The van der Waals surface area contributed by atoms with Gasteiger partial charge in [-0.2, -0.15) is 4.98 Å². The Hall–Kier alpha value is -1.57. The zero-order chi connectivity index (χ0) is 17.9. The lowest BCUT2D eigenvalue weighted by Crippen LogP contribution is -2.57. The molecule has 7 nitrogen and oxygen atoms in total. The Labute approximate surface area is 146 Å². The second kappa shape index (κ2) is 7.55. The summed E-state index contributed by atoms with van der Waals surface area (Å²) in [5.74, 6) is 1.87. The van der Waals surface area contributed by atoms with Crippen LogP contribution in [0, 0.1) is 5.92 Å². The molecule has 1 aromatic heterocycles. The smallest absolute Gasteiger partial charge is 0.246 e. The first-order chi connectivity index (χ1) is 11.2. The van der Waals surface area contributed by atoms with Gasteiger partial charge < -0.3 is 14.7 Å². The van der Waals surface area contributed by atoms with E-state index in [1.54, 1.807) is 4.90 Å². The predicted octanol–water partition coefficient (Wildman–Crippen LogP) is 1.63. The first-order valence-electron chi connectivity index (χ1n) is 8.28. The van der Waals surface area contributed by atoms with Crippen LogP contribution in [-0.4, -0.2) is 49.9 Å². The normalized spacial score (nSPS) is 20.1. The van der Waals surface area contributed by atoms with E-state index in [0.29, 0.717) is 29.9 Å². The summed E-state index contributed by atoms with van der Waals surface area (Å²) in [5.41, 5.74) is 0. The molecule has 8 heteroatoms. The van der Waals surface area contributed by atoms with Crippen molar-refractivity contribution in [2.45, 2.75) is 58.4 Å². The van der Waals surface area contributed by atoms with Gasteiger partial charge in [0, 0.05) is 18.7 Å². The zero-order valence-electron chi connectivity index (χ0n) is 15.0. The van der Waals surface area contributed by atoms with Crippen LogP contribution in [0.3, 0.4) is 0 Å². The van der Waals surface area contributed by atoms with E-state index in [1.165, 1.54) is 11.8 Å². The highest BCUT2D eigenvalue weighted by Crippen LogP contribution is 2.29. The number of nitrogens with zero attached hydrogens (tertiary/aromatic N) is 3. The van der Waals surface area contributed by atoms with Gasteiger partial charge in [-0.15, -0.1) is 11.8 Å². The lowest BCUT2D eigenvalue weighted by Gasteiger charge is -2.35. The van der Waals surface area contributed by atoms with E-state index in [2.05, 4.69) is 29.3 Å². The summed E-state index contributed by atoms with van der Waals surface area (Å²) in [5, 5.41) is 6.77. The molecular weight excluding hydrogens is 328 g/mol. The van der Waals surface area contributed by atoms with Crippen LogP contribution in [-0.2, 0) is 22.6 Å². The highest BCUT2D eigenvalue weighted by molar-refractivity contribution is 8.01. The van der Waals surface area contributed by atoms with E-state index in [4.69, 9.17) is 4.52 Å². The van der Waals surface area contributed by atoms with E-state index < -0.39 is 10.8 Å². The molecule has 0 bridgehead atoms. The maximum absolute atomic E-state index is 12.7. The Morgan fingerprint density at radius 1 is 1.50 bits per heavy atom. The molecule has 2 heterocycles. The molecule has 1 fully saturated rings. The first kappa shape index (κ1) is 18.8. The highest BCUT2D eigenvalue weighted by Gasteiger charge is 2.39. The minimum Gasteiger partial charge on any atom is -0.342 e. The summed E-state index contributed by atoms with van der Waals surface area (Å²) >= 11 is 1.50. The van der Waals surface area contributed by atoms with Crippen LogP contribution in [0.1, 0.15) is 46.3 Å². The Morgan fingerprint density at radius 2 is 2.21 bits per heavy atom. The summed E-state index contributed by atoms with van der Waals surface area (Å²) in [6.07, 6.45) is 0.720. The van der Waals surface area contributed by atoms with Gasteiger partial charge in [-0.1, -0.05) is 19.0 Å². The quantitative estimate of drug-likeness (QED) is 0.835. The monoisotopic (exact) mass is 354 g/mol. The molecule has 1 aliphatic heterocycles. The molecular formula is C16H26N4O3S. The molecule has 2 rings (SSSR count). The van der Waals surface area contributed by atoms with Gasteiger partial charge in [0.2, 0.25) is 17.7 Å². The highest BCUT2D eigenvalue weighted by atomic mass is 32.2. The number of carbonyl (C=O) groups is 2. The topological polar surface area (TPSA) is 88.3 Å². The molecule has 134 valence electrons. The molecule has 1 aliphatic rings. The van der Waals surface area contributed by atoms with Crippen LogP contribution in [0.2, 0.25) is 0 Å². The molecule has 24 heavy (non-hydrogen) atoms. The van der Waals surface area contributed by atoms with Crippen LogP contribution in [0.4, 0.5) is 0 Å². The fraction of sp³-hybridized carbons (Fsp3) is 0.750. The Bertz CT molecular complexity index is 600. The van der Waals surface area contributed by atoms with Crippen LogP contribution in [0.15, 0.2) is 4.52 Å². The second-order valence-electron chi connectivity index (χ2n) is 6.90. The first-order valence-corrected chi connectivity index (χ1v) is 9.26. The van der Waals surface area contributed by atoms with Crippen LogP contribution < -0.4 is 5.32 Å². The predicted molar refractivity (Wildman–Crippen MR) is 92.4 cm³/mol. The van der Waals surface area contributed by atoms with Gasteiger partial charge in [-0.05, 0) is 26.7 Å². The SMILES string of the molecule is CCN(Cc1noc(CC(C)C)n1)C(=O)[C@@H]1CSC(C)(C)C(=O)N1. The molecule has 1 saturated heterocycles. The third-order valence-electron chi connectivity index (χ3n) is 3.88. The average molecular weight is 354 g/mol. The third kappa shape index (κ3) is 4.49. The van der Waals surface area contributed by atoms with Gasteiger partial charge in [0.05, 0.1) is 11.3 Å². The van der Waals surface area contributed by atoms with Crippen molar-refractivity contribution in [1.29, 1.82) is 0 Å². The number of rotatable bonds is 6. The Kier molecular flexibility index (Phi) is 5.90. The van der Waals surface area contributed by atoms with E-state index in [-0.39, 0.29) is 18.4 Å². The van der Waals surface area contributed by atoms with Gasteiger partial charge in [0.25, 0.3) is 0 Å². The van der Waals surface area contributed by atoms with Crippen molar-refractivity contribution in [1.82, 2.24) is 20.4 Å². The molecule has 0 aliphatic carbocycles. The summed E-state index contributed by atoms with van der Waals surface area (Å²) in [6.45, 7) is 10.6. The third-order valence-corrected chi connectivity index (χ3v) is 5.29. The van der Waals surface area contributed by atoms with E-state index in [0.717, 1.165) is 6.42 Å². The number of thioether (sulfide) groups is 1. The maximum Gasteiger partial charge on any atom is 0.246 e. The van der Waals surface area contributed by atoms with Gasteiger partial charge in [0.15, 0.2) is 5.82 Å². The minimum absolute atomic E-state index is 0.105. The fourth-order valence-electron chi connectivity index (χ4n) is 2.39. The number of likely N-dealkylation sites (N-methyl/N-ethyl adjacent to an activating group) is 1. The molecule has 1 aromatic rings. The summed E-state index contributed by atoms with van der Waals surface area (Å²) in [6, 6.07) is -0.502. The van der Waals surface area contributed by atoms with Gasteiger partial charge in [0.1, 0.15) is 6.04 Å². The number of aromatic nitrogens is 2. The molecule has 0 saturated carbocycles. The lowest BCUT2D eigenvalue weighted by atomic mass is 10.1. The second-order valence-corrected chi connectivity index (χ2v) is 8.54. The van der Waals surface area contributed by atoms with Crippen LogP contribution in [0.5, 0.6) is 0 Å². The van der Waals surface area contributed by atoms with Crippen molar-refractivity contribution in [3.63, 3.8) is 0 Å². The summed E-state index contributed by atoms with van der Waals surface area (Å²) < 4.78 is 4.72. The van der Waals surface area contributed by atoms with E-state index in [9.17, 15) is 9.59 Å². The van der Waals surface area contributed by atoms with E-state index >= 15 is 0 Å². The Balaban J connectivity index is 1.99. The molecule has 0 unspecified atom stereocenters. The van der Waals surface area contributed by atoms with Crippen LogP contribution in [0.25, 0.3) is 0 Å². The van der Waals surface area contributed by atoms with Crippen LogP contribution >= 0.6 is 11.8 Å². The summed E-state index contributed by atoms with van der Waals surface area (Å²) in [7, 11) is 0. The van der Waals surface area contributed by atoms with Gasteiger partial charge in [-0.25, -0.2) is 0 Å². The molecule has 0 spiro atoms. The standard InChI is InChI=1S/C16H26N4O3S/c1-6-20(8-12-18-13(23-19-12)7-10(2)3)14(21)11-9-24-16(4,5)15(22)17-11/h10-11H,6-9H2,1-5H3,(H,17,22)/t11-/m0/s1. The summed E-state index contributed by atoms with van der Waals surface area (Å²) in [4.78, 5) is 30.7. The van der Waals surface area contributed by atoms with Crippen molar-refractivity contribution < 1.29 is 14.1 Å². The fourth-order valence-corrected chi connectivity index (χ4v) is 3.39. The molecule has 1 atom stereocenters. The minimum atomic E-state index is -0.502. The van der Waals surface area contributed by atoms with E-state index in [1.807, 2.05) is 20.8 Å². The Morgan fingerprint density at radius 3 is 2.79 bits per heavy atom. The number of nitrogens with one attached hydrogen (secondary N) is 1. The van der Waals surface area contributed by atoms with Crippen molar-refractivity contribution in [2.24, 2.45) is 5.92 Å². The van der Waals surface area contributed by atoms with Crippen molar-refractivity contribution >= 4 is 23.6 Å². The van der Waals surface area contributed by atoms with Crippen molar-refractivity contribution in [2.75, 3.05) is 12.3 Å². The number of amides is 2. The van der Waals surface area contributed by atoms with Gasteiger partial charge in [-0.3, -0.25) is 9.59 Å². The average Bonchev–Trinajstić information content (AvgIpc) is 2.93. The number of hydrogen-bond donors (Lipinski definition) is 1. The zero-order valence-corrected chi connectivity index (χ0v) is 15.8. The molecule has 0 radical (unpaired) electrons. The maximum atomic E-state index is 12.7. The molecule has 2 amide bonds. The van der Waals surface area contributed by atoms with Crippen molar-refractivity contribution in [3.05, 3.63) is 11.7 Å². The number of carbonyl (C=O) groups excluding carboxylic acids is 2. The number of hydrogen-bond acceptors (Lipinski definition) is 6. The largest absolute Gasteiger partial charge is 0.342 e. The lowest BCUT2D eigenvalue weighted by molar-refractivity contribution is -0.137.